The summed E-state index contributed by atoms with van der Waals surface area (Å²) in [6, 6.07) is 0. The van der Waals surface area contributed by atoms with E-state index in [1.807, 2.05) is 24.3 Å². The predicted octanol–water partition coefficient (Wildman–Crippen LogP) is 4.89. The van der Waals surface area contributed by atoms with Crippen LogP contribution in [0.15, 0.2) is 81.0 Å². The van der Waals surface area contributed by atoms with Crippen LogP contribution in [0.3, 0.4) is 0 Å². The maximum absolute atomic E-state index is 4.93. The van der Waals surface area contributed by atoms with Crippen molar-refractivity contribution in [2.75, 3.05) is 0 Å². The number of halogens is 4. The molecule has 0 bridgehead atoms. The monoisotopic (exact) mass is 724 g/mol. The molecule has 0 aromatic rings. The van der Waals surface area contributed by atoms with E-state index in [0.717, 1.165) is 12.8 Å². The molecule has 4 aliphatic rings. The Bertz CT molecular complexity index is 736. The van der Waals surface area contributed by atoms with Gasteiger partial charge in [-0.15, -0.1) is 12.8 Å². The van der Waals surface area contributed by atoms with E-state index < -0.39 is 20.8 Å². The van der Waals surface area contributed by atoms with Gasteiger partial charge in [0.2, 0.25) is 0 Å². The van der Waals surface area contributed by atoms with E-state index >= 15 is 0 Å². The molecule has 0 N–H and O–H groups in total. The van der Waals surface area contributed by atoms with Gasteiger partial charge in [0.25, 0.3) is 0 Å². The minimum atomic E-state index is -0.826. The van der Waals surface area contributed by atoms with Crippen LogP contribution >= 0.6 is 17.0 Å². The molecule has 4 rings (SSSR count). The van der Waals surface area contributed by atoms with Crippen LogP contribution in [-0.4, -0.2) is 0 Å². The van der Waals surface area contributed by atoms with Gasteiger partial charge in [-0.2, -0.15) is 12.2 Å². The first kappa shape index (κ1) is 53.1. The van der Waals surface area contributed by atoms with Crippen molar-refractivity contribution in [2.24, 2.45) is 0 Å². The van der Waals surface area contributed by atoms with E-state index in [2.05, 4.69) is 65.8 Å². The first-order chi connectivity index (χ1) is 13.8. The molecule has 0 amide bonds. The molecule has 0 nitrogen and oxygen atoms in total. The van der Waals surface area contributed by atoms with Crippen LogP contribution in [0.1, 0.15) is 67.2 Å². The van der Waals surface area contributed by atoms with E-state index in [1.165, 1.54) is 35.1 Å². The van der Waals surface area contributed by atoms with Gasteiger partial charge in [-0.05, 0) is 87.8 Å². The van der Waals surface area contributed by atoms with Gasteiger partial charge in [-0.3, -0.25) is 12.2 Å². The fourth-order valence-corrected chi connectivity index (χ4v) is 3.50. The van der Waals surface area contributed by atoms with E-state index in [9.17, 15) is 0 Å². The van der Waals surface area contributed by atoms with Gasteiger partial charge in [0.1, 0.15) is 0 Å². The van der Waals surface area contributed by atoms with E-state index in [1.54, 1.807) is 22.3 Å². The standard InChI is InChI=1S/C16H22.2C5H5.4CH3.4ClH.2Zr/c1-9-7-15(13(5)11(9)3)16-8-10(2)12(4)14(16)6;2*1-2-4-5-3-1;;;;;;;;;;/h7-8H2,1-6H3;2*1-3H,4H2;4*1H3;4*1H;;/q;6*-1;;;;;2*+2/p-4. The van der Waals surface area contributed by atoms with Crippen molar-refractivity contribution in [1.29, 1.82) is 0 Å². The molecular formula is C30H44Cl4Zr2-6. The summed E-state index contributed by atoms with van der Waals surface area (Å²) in [5.41, 5.74) is 12.4. The van der Waals surface area contributed by atoms with Crippen molar-refractivity contribution in [2.45, 2.75) is 67.2 Å². The van der Waals surface area contributed by atoms with Gasteiger partial charge in [-0.1, -0.05) is 11.1 Å². The average molecular weight is 729 g/mol. The minimum Gasteiger partial charge on any atom is 2.00 e. The van der Waals surface area contributed by atoms with Gasteiger partial charge >= 0.3 is 64.1 Å². The fourth-order valence-electron chi connectivity index (χ4n) is 3.50. The molecule has 36 heavy (non-hydrogen) atoms. The first-order valence-electron chi connectivity index (χ1n) is 9.98. The molecule has 0 radical (unpaired) electrons. The van der Waals surface area contributed by atoms with Gasteiger partial charge in [-0.25, -0.2) is 24.3 Å². The molecule has 6 heteroatoms. The van der Waals surface area contributed by atoms with Crippen LogP contribution in [0, 0.1) is 41.9 Å². The Morgan fingerprint density at radius 2 is 0.889 bits per heavy atom. The molecule has 0 aromatic carbocycles. The summed E-state index contributed by atoms with van der Waals surface area (Å²) in [4.78, 5) is 0. The van der Waals surface area contributed by atoms with Crippen LogP contribution in [0.5, 0.6) is 0 Å². The molecule has 0 unspecified atom stereocenters. The summed E-state index contributed by atoms with van der Waals surface area (Å²) >= 11 is -0.826. The van der Waals surface area contributed by atoms with Gasteiger partial charge in [0.15, 0.2) is 0 Å². The number of rotatable bonds is 1. The quantitative estimate of drug-likeness (QED) is 0.338. The fraction of sp³-hybridized carbons (Fsp3) is 0.333. The normalized spacial score (nSPS) is 15.1. The Labute approximate surface area is 276 Å². The summed E-state index contributed by atoms with van der Waals surface area (Å²) in [5.74, 6) is 0. The van der Waals surface area contributed by atoms with Crippen molar-refractivity contribution < 1.29 is 71.9 Å². The zero-order chi connectivity index (χ0) is 21.8. The number of hydrogen-bond acceptors (Lipinski definition) is 0. The van der Waals surface area contributed by atoms with Crippen LogP contribution < -0.4 is 24.8 Å². The molecular weight excluding hydrogens is 685 g/mol. The first-order valence-corrected chi connectivity index (χ1v) is 16.3. The molecule has 0 saturated heterocycles. The summed E-state index contributed by atoms with van der Waals surface area (Å²) < 4.78 is 0. The summed E-state index contributed by atoms with van der Waals surface area (Å²) in [7, 11) is 9.87. The summed E-state index contributed by atoms with van der Waals surface area (Å²) in [5, 5.41) is 0. The van der Waals surface area contributed by atoms with Crippen molar-refractivity contribution in [1.82, 2.24) is 0 Å². The second kappa shape index (κ2) is 30.4. The number of hydrogen-bond donors (Lipinski definition) is 0. The van der Waals surface area contributed by atoms with Crippen LogP contribution in [0.2, 0.25) is 0 Å². The van der Waals surface area contributed by atoms with Crippen molar-refractivity contribution >= 4 is 17.0 Å². The van der Waals surface area contributed by atoms with Gasteiger partial charge < -0.3 is 54.5 Å². The SMILES string of the molecule is CC1=C(C)C(C)=C(C2=C(C)C(C)=C(C)C2)C1.[C-]1=CC=CC1.[C-]1=CC=CC1.[CH3-].[CH3-].[CH3-].[CH3-].[Cl-].[Cl-].[Cl][Zr][Cl].[Zr+2]. The molecule has 0 saturated carbocycles. The average Bonchev–Trinajstić information content (AvgIpc) is 3.50. The number of allylic oxidation sites excluding steroid dienone is 16. The Morgan fingerprint density at radius 1 is 0.611 bits per heavy atom. The topological polar surface area (TPSA) is 0 Å². The van der Waals surface area contributed by atoms with E-state index in [0.29, 0.717) is 0 Å². The van der Waals surface area contributed by atoms with Gasteiger partial charge in [0.05, 0.1) is 0 Å². The zero-order valence-electron chi connectivity index (χ0n) is 23.8. The summed E-state index contributed by atoms with van der Waals surface area (Å²) in [6.45, 7) is 13.6. The smallest absolute Gasteiger partial charge is 2.00 e. The molecule has 206 valence electrons. The molecule has 0 fully saturated rings. The Balaban J connectivity index is -0.0000000715. The molecule has 0 atom stereocenters. The maximum Gasteiger partial charge on any atom is 2.00 e. The predicted molar refractivity (Wildman–Crippen MR) is 152 cm³/mol. The molecule has 0 heterocycles. The van der Waals surface area contributed by atoms with Gasteiger partial charge in [0, 0.05) is 0 Å². The van der Waals surface area contributed by atoms with Crippen molar-refractivity contribution in [3.05, 3.63) is 123 Å². The van der Waals surface area contributed by atoms with E-state index in [4.69, 9.17) is 17.0 Å². The van der Waals surface area contributed by atoms with Crippen molar-refractivity contribution in [3.8, 4) is 0 Å². The third kappa shape index (κ3) is 18.2. The molecule has 0 aliphatic heterocycles. The van der Waals surface area contributed by atoms with Crippen LogP contribution in [0.25, 0.3) is 0 Å². The Hall–Kier alpha value is 0.846. The zero-order valence-corrected chi connectivity index (χ0v) is 31.7. The summed E-state index contributed by atoms with van der Waals surface area (Å²) in [6.07, 6.45) is 22.3. The third-order valence-electron chi connectivity index (χ3n) is 5.73. The molecule has 0 spiro atoms. The minimum absolute atomic E-state index is 0. The molecule has 0 aromatic heterocycles. The third-order valence-corrected chi connectivity index (χ3v) is 5.73. The molecule has 4 aliphatic carbocycles. The van der Waals surface area contributed by atoms with Crippen molar-refractivity contribution in [3.63, 3.8) is 0 Å². The second-order valence-corrected chi connectivity index (χ2v) is 11.2. The van der Waals surface area contributed by atoms with E-state index in [-0.39, 0.29) is 80.7 Å². The Kier molecular flexibility index (Phi) is 44.9. The maximum atomic E-state index is 4.93. The van der Waals surface area contributed by atoms with Crippen LogP contribution in [0.4, 0.5) is 0 Å². The second-order valence-electron chi connectivity index (χ2n) is 7.45. The van der Waals surface area contributed by atoms with Crippen LogP contribution in [-0.2, 0) is 47.1 Å². The largest absolute Gasteiger partial charge is 2.00 e. The Morgan fingerprint density at radius 3 is 1.00 bits per heavy atom.